The van der Waals surface area contributed by atoms with Crippen molar-refractivity contribution in [1.82, 2.24) is 20.3 Å². The molecule has 0 unspecified atom stereocenters. The number of aromatic nitrogens is 2. The van der Waals surface area contributed by atoms with E-state index in [1.54, 1.807) is 30.4 Å². The third-order valence-electron chi connectivity index (χ3n) is 4.14. The second kappa shape index (κ2) is 10.9. The number of hydrogen-bond donors (Lipinski definition) is 2. The van der Waals surface area contributed by atoms with Crippen molar-refractivity contribution in [2.45, 2.75) is 27.3 Å². The van der Waals surface area contributed by atoms with Gasteiger partial charge in [-0.25, -0.2) is 0 Å². The molecule has 0 atom stereocenters. The number of amides is 1. The number of rotatable bonds is 8. The average Bonchev–Trinajstić information content (AvgIpc) is 3.21. The molecule has 1 aromatic heterocycles. The Morgan fingerprint density at radius 2 is 2.13 bits per heavy atom. The Balaban J connectivity index is 1.68. The van der Waals surface area contributed by atoms with Crippen LogP contribution in [0.3, 0.4) is 0 Å². The van der Waals surface area contributed by atoms with Gasteiger partial charge in [0.25, 0.3) is 5.91 Å². The number of amidine groups is 1. The van der Waals surface area contributed by atoms with Crippen molar-refractivity contribution in [2.75, 3.05) is 6.61 Å². The zero-order valence-corrected chi connectivity index (χ0v) is 19.1. The van der Waals surface area contributed by atoms with Gasteiger partial charge in [-0.2, -0.15) is 5.10 Å². The molecular weight excluding hydrogens is 434 g/mol. The topological polar surface area (TPSA) is 88.5 Å². The molecule has 3 rings (SSSR count). The van der Waals surface area contributed by atoms with Crippen LogP contribution in [0, 0.1) is 5.92 Å². The quantitative estimate of drug-likeness (QED) is 0.288. The molecule has 9 heteroatoms. The van der Waals surface area contributed by atoms with E-state index in [1.807, 2.05) is 25.1 Å². The van der Waals surface area contributed by atoms with Crippen LogP contribution in [0.5, 0.6) is 5.75 Å². The zero-order valence-electron chi connectivity index (χ0n) is 17.6. The largest absolute Gasteiger partial charge is 0.493 e. The minimum absolute atomic E-state index is 0.280. The Morgan fingerprint density at radius 3 is 2.90 bits per heavy atom. The lowest BCUT2D eigenvalue weighted by Crippen LogP contribution is -2.30. The number of carbonyl (C=O) groups is 1. The first kappa shape index (κ1) is 22.7. The zero-order chi connectivity index (χ0) is 22.2. The van der Waals surface area contributed by atoms with Gasteiger partial charge in [0, 0.05) is 16.1 Å². The monoisotopic (exact) mass is 457 g/mol. The van der Waals surface area contributed by atoms with Crippen molar-refractivity contribution in [3.05, 3.63) is 64.7 Å². The molecule has 2 N–H and O–H groups in total. The van der Waals surface area contributed by atoms with E-state index in [1.165, 1.54) is 11.5 Å². The second-order valence-electron chi connectivity index (χ2n) is 7.20. The smallest absolute Gasteiger partial charge is 0.256 e. The summed E-state index contributed by atoms with van der Waals surface area (Å²) in [5, 5.41) is 11.7. The highest BCUT2D eigenvalue weighted by Crippen LogP contribution is 2.23. The van der Waals surface area contributed by atoms with Crippen molar-refractivity contribution in [1.29, 1.82) is 0 Å². The Bertz CT molecular complexity index is 1110. The van der Waals surface area contributed by atoms with Gasteiger partial charge in [-0.1, -0.05) is 36.0 Å². The van der Waals surface area contributed by atoms with Crippen LogP contribution in [0.4, 0.5) is 0 Å². The van der Waals surface area contributed by atoms with Crippen LogP contribution in [-0.4, -0.2) is 27.9 Å². The Hall–Kier alpha value is -2.97. The molecule has 0 spiro atoms. The predicted octanol–water partition coefficient (Wildman–Crippen LogP) is 4.79. The molecule has 7 nitrogen and oxygen atoms in total. The molecule has 0 saturated carbocycles. The number of halogens is 1. The molecule has 1 heterocycles. The highest BCUT2D eigenvalue weighted by atomic mass is 35.5. The minimum Gasteiger partial charge on any atom is -0.493 e. The van der Waals surface area contributed by atoms with Crippen molar-refractivity contribution >= 4 is 45.1 Å². The maximum absolute atomic E-state index is 12.6. The third-order valence-corrected chi connectivity index (χ3v) is 5.08. The number of carbonyl (C=O) groups excluding carboxylic acids is 1. The van der Waals surface area contributed by atoms with Gasteiger partial charge >= 0.3 is 0 Å². The summed E-state index contributed by atoms with van der Waals surface area (Å²) in [6.07, 6.45) is 3.51. The summed E-state index contributed by atoms with van der Waals surface area (Å²) in [6, 6.07) is 10.8. The van der Waals surface area contributed by atoms with E-state index >= 15 is 0 Å². The molecule has 0 radical (unpaired) electrons. The van der Waals surface area contributed by atoms with Gasteiger partial charge < -0.3 is 15.5 Å². The van der Waals surface area contributed by atoms with E-state index in [4.69, 9.17) is 16.3 Å². The fourth-order valence-electron chi connectivity index (χ4n) is 2.67. The molecule has 0 aliphatic carbocycles. The number of fused-ring (bicyclic) bond motifs is 1. The maximum Gasteiger partial charge on any atom is 0.256 e. The normalized spacial score (nSPS) is 12.0. The average molecular weight is 458 g/mol. The molecular formula is C22H24ClN5O2S. The summed E-state index contributed by atoms with van der Waals surface area (Å²) in [4.78, 5) is 12.6. The molecule has 0 bridgehead atoms. The van der Waals surface area contributed by atoms with Crippen molar-refractivity contribution in [2.24, 2.45) is 11.0 Å². The standard InChI is InChI=1S/C22H24ClN5O2S/c1-4-5-21(25-22(29)15-6-9-20-18(11-15)26-28-31-20)27-24-12-16-10-17(23)7-8-19(16)30-13-14(2)3/h4-11,14,24H,12-13H2,1-3H3,(H,25,27,29)/b5-4+. The van der Waals surface area contributed by atoms with E-state index in [2.05, 4.69) is 39.3 Å². The molecule has 0 aliphatic rings. The molecule has 0 saturated heterocycles. The van der Waals surface area contributed by atoms with Crippen LogP contribution in [0.15, 0.2) is 53.7 Å². The molecule has 3 aromatic rings. The summed E-state index contributed by atoms with van der Waals surface area (Å²) >= 11 is 7.43. The van der Waals surface area contributed by atoms with E-state index in [0.29, 0.717) is 41.0 Å². The first-order valence-corrected chi connectivity index (χ1v) is 11.0. The van der Waals surface area contributed by atoms with Crippen molar-refractivity contribution in [3.8, 4) is 5.75 Å². The maximum atomic E-state index is 12.6. The van der Waals surface area contributed by atoms with Gasteiger partial charge in [0.15, 0.2) is 5.84 Å². The van der Waals surface area contributed by atoms with Crippen molar-refractivity contribution in [3.63, 3.8) is 0 Å². The molecule has 0 fully saturated rings. The van der Waals surface area contributed by atoms with Gasteiger partial charge in [0.2, 0.25) is 0 Å². The Kier molecular flexibility index (Phi) is 7.97. The molecule has 162 valence electrons. The number of benzene rings is 2. The molecule has 1 amide bonds. The van der Waals surface area contributed by atoms with Gasteiger partial charge in [-0.3, -0.25) is 4.79 Å². The van der Waals surface area contributed by atoms with Gasteiger partial charge in [0.1, 0.15) is 11.3 Å². The van der Waals surface area contributed by atoms with Crippen LogP contribution in [0.1, 0.15) is 36.7 Å². The first-order chi connectivity index (χ1) is 15.0. The van der Waals surface area contributed by atoms with E-state index < -0.39 is 0 Å². The van der Waals surface area contributed by atoms with E-state index in [9.17, 15) is 4.79 Å². The summed E-state index contributed by atoms with van der Waals surface area (Å²) in [7, 11) is 0. The minimum atomic E-state index is -0.280. The summed E-state index contributed by atoms with van der Waals surface area (Å²) in [5.74, 6) is 1.26. The van der Waals surface area contributed by atoms with Gasteiger partial charge in [-0.15, -0.1) is 5.10 Å². The summed E-state index contributed by atoms with van der Waals surface area (Å²) in [5.41, 5.74) is 5.04. The number of ether oxygens (including phenoxy) is 1. The SMILES string of the molecule is C/C=C/C(=N\NCc1cc(Cl)ccc1OCC(C)C)NC(=O)c1ccc2snnc2c1. The molecule has 2 aromatic carbocycles. The third kappa shape index (κ3) is 6.50. The lowest BCUT2D eigenvalue weighted by molar-refractivity contribution is 0.0977. The van der Waals surface area contributed by atoms with Gasteiger partial charge in [0.05, 0.1) is 17.9 Å². The van der Waals surface area contributed by atoms with Gasteiger partial charge in [-0.05, 0) is 66.8 Å². The highest BCUT2D eigenvalue weighted by molar-refractivity contribution is 7.12. The molecule has 0 aliphatic heterocycles. The van der Waals surface area contributed by atoms with Crippen LogP contribution in [0.25, 0.3) is 10.2 Å². The lowest BCUT2D eigenvalue weighted by Gasteiger charge is -2.14. The predicted molar refractivity (Wildman–Crippen MR) is 126 cm³/mol. The highest BCUT2D eigenvalue weighted by Gasteiger charge is 2.10. The van der Waals surface area contributed by atoms with Crippen LogP contribution in [-0.2, 0) is 6.54 Å². The fraction of sp³-hybridized carbons (Fsp3) is 0.273. The number of nitrogens with zero attached hydrogens (tertiary/aromatic N) is 3. The number of hydrazone groups is 1. The van der Waals surface area contributed by atoms with Crippen molar-refractivity contribution < 1.29 is 9.53 Å². The van der Waals surface area contributed by atoms with Crippen LogP contribution < -0.4 is 15.5 Å². The van der Waals surface area contributed by atoms with E-state index in [0.717, 1.165) is 16.0 Å². The summed E-state index contributed by atoms with van der Waals surface area (Å²) < 4.78 is 10.7. The fourth-order valence-corrected chi connectivity index (χ4v) is 3.40. The van der Waals surface area contributed by atoms with Crippen LogP contribution in [0.2, 0.25) is 5.02 Å². The number of hydrogen-bond acceptors (Lipinski definition) is 7. The molecule has 31 heavy (non-hydrogen) atoms. The number of nitrogens with one attached hydrogen (secondary N) is 2. The number of allylic oxidation sites excluding steroid dienone is 1. The van der Waals surface area contributed by atoms with Crippen LogP contribution >= 0.6 is 23.1 Å². The first-order valence-electron chi connectivity index (χ1n) is 9.84. The lowest BCUT2D eigenvalue weighted by atomic mass is 10.2. The van der Waals surface area contributed by atoms with E-state index in [-0.39, 0.29) is 5.91 Å². The second-order valence-corrected chi connectivity index (χ2v) is 8.42. The summed E-state index contributed by atoms with van der Waals surface area (Å²) in [6.45, 7) is 7.03. The Morgan fingerprint density at radius 1 is 1.29 bits per heavy atom. The Labute approximate surface area is 190 Å².